The minimum atomic E-state index is -4.10. The average Bonchev–Trinajstić information content (AvgIpc) is 1.30. The maximum absolute atomic E-state index is 11.0. The first kappa shape index (κ1) is 7.14. The molecule has 0 aromatic rings. The van der Waals surface area contributed by atoms with Gasteiger partial charge in [0.25, 0.3) is 0 Å². The van der Waals surface area contributed by atoms with Crippen LogP contribution in [0.1, 0.15) is 0 Å². The van der Waals surface area contributed by atoms with Gasteiger partial charge in [-0.1, -0.05) is 11.8 Å². The molecule has 0 N–H and O–H groups in total. The molecule has 0 aliphatic heterocycles. The fourth-order valence-corrected chi connectivity index (χ4v) is 0.347. The first-order valence-electron chi connectivity index (χ1n) is 1.56. The van der Waals surface area contributed by atoms with Crippen molar-refractivity contribution in [2.75, 3.05) is 5.75 Å². The molecule has 0 rings (SSSR count). The molecule has 4 heteroatoms. The highest BCUT2D eigenvalue weighted by atomic mass is 32.2. The van der Waals surface area contributed by atoms with Gasteiger partial charge in [-0.05, 0) is 6.92 Å². The van der Waals surface area contributed by atoms with Gasteiger partial charge in [-0.25, -0.2) is 0 Å². The maximum Gasteiger partial charge on any atom is 0.441 e. The lowest BCUT2D eigenvalue weighted by atomic mass is 11.0. The summed E-state index contributed by atoms with van der Waals surface area (Å²) in [4.78, 5) is 0. The predicted octanol–water partition coefficient (Wildman–Crippen LogP) is 2.07. The van der Waals surface area contributed by atoms with Gasteiger partial charge in [0.1, 0.15) is 0 Å². The number of hydrogen-bond acceptors (Lipinski definition) is 1. The van der Waals surface area contributed by atoms with Crippen LogP contribution in [0, 0.1) is 6.92 Å². The Balaban J connectivity index is 3.15. The van der Waals surface area contributed by atoms with E-state index in [0.29, 0.717) is 0 Å². The van der Waals surface area contributed by atoms with Crippen molar-refractivity contribution in [2.45, 2.75) is 5.51 Å². The van der Waals surface area contributed by atoms with Gasteiger partial charge in [-0.3, -0.25) is 0 Å². The first-order chi connectivity index (χ1) is 3.06. The van der Waals surface area contributed by atoms with Crippen LogP contribution < -0.4 is 0 Å². The molecule has 0 amide bonds. The Morgan fingerprint density at radius 2 is 1.86 bits per heavy atom. The van der Waals surface area contributed by atoms with Crippen molar-refractivity contribution < 1.29 is 13.2 Å². The van der Waals surface area contributed by atoms with Crippen molar-refractivity contribution in [3.63, 3.8) is 0 Å². The topological polar surface area (TPSA) is 0 Å². The fraction of sp³-hybridized carbons (Fsp3) is 0.667. The molecular weight excluding hydrogens is 125 g/mol. The lowest BCUT2D eigenvalue weighted by Crippen LogP contribution is -1.99. The van der Waals surface area contributed by atoms with E-state index in [1.807, 2.05) is 0 Å². The zero-order valence-electron chi connectivity index (χ0n) is 3.46. The zero-order valence-corrected chi connectivity index (χ0v) is 4.27. The molecule has 7 heavy (non-hydrogen) atoms. The second-order valence-electron chi connectivity index (χ2n) is 0.794. The molecule has 0 spiro atoms. The van der Waals surface area contributed by atoms with Crippen LogP contribution in [0.3, 0.4) is 0 Å². The van der Waals surface area contributed by atoms with E-state index in [2.05, 4.69) is 6.92 Å². The summed E-state index contributed by atoms with van der Waals surface area (Å²) < 4.78 is 32.9. The minimum Gasteiger partial charge on any atom is -0.160 e. The minimum absolute atomic E-state index is 0.123. The van der Waals surface area contributed by atoms with E-state index in [0.717, 1.165) is 0 Å². The van der Waals surface area contributed by atoms with Gasteiger partial charge in [0, 0.05) is 5.75 Å². The molecule has 0 saturated heterocycles. The highest BCUT2D eigenvalue weighted by molar-refractivity contribution is 8.00. The van der Waals surface area contributed by atoms with Crippen LogP contribution in [0.5, 0.6) is 0 Å². The quantitative estimate of drug-likeness (QED) is 0.522. The summed E-state index contributed by atoms with van der Waals surface area (Å²) in [5, 5.41) is 0. The standard InChI is InChI=1S/C3H4F3S/c1-2-7-3(4,5)6/h1-2H2. The normalized spacial score (nSPS) is 12.0. The summed E-state index contributed by atoms with van der Waals surface area (Å²) in [6.45, 7) is 3.01. The molecule has 0 atom stereocenters. The molecule has 0 aromatic heterocycles. The molecule has 0 heterocycles. The SMILES string of the molecule is [CH2]CSC(F)(F)F. The van der Waals surface area contributed by atoms with E-state index in [9.17, 15) is 13.2 Å². The van der Waals surface area contributed by atoms with Gasteiger partial charge in [0.05, 0.1) is 0 Å². The number of hydrogen-bond donors (Lipinski definition) is 0. The van der Waals surface area contributed by atoms with E-state index in [1.54, 1.807) is 0 Å². The van der Waals surface area contributed by atoms with Gasteiger partial charge < -0.3 is 0 Å². The zero-order chi connectivity index (χ0) is 5.91. The number of rotatable bonds is 1. The van der Waals surface area contributed by atoms with Crippen LogP contribution >= 0.6 is 11.8 Å². The van der Waals surface area contributed by atoms with Crippen LogP contribution in [0.4, 0.5) is 13.2 Å². The molecule has 0 aliphatic rings. The van der Waals surface area contributed by atoms with Gasteiger partial charge in [0.2, 0.25) is 0 Å². The predicted molar refractivity (Wildman–Crippen MR) is 23.9 cm³/mol. The molecule has 0 fully saturated rings. The Morgan fingerprint density at radius 1 is 1.43 bits per heavy atom. The Labute approximate surface area is 44.1 Å². The Bertz CT molecular complexity index is 48.6. The third-order valence-electron chi connectivity index (χ3n) is 0.266. The third-order valence-corrected chi connectivity index (χ3v) is 0.797. The Hall–Kier alpha value is 0.140. The van der Waals surface area contributed by atoms with E-state index >= 15 is 0 Å². The molecule has 0 unspecified atom stereocenters. The highest BCUT2D eigenvalue weighted by Crippen LogP contribution is 2.28. The van der Waals surface area contributed by atoms with E-state index in [4.69, 9.17) is 0 Å². The van der Waals surface area contributed by atoms with Crippen molar-refractivity contribution in [1.29, 1.82) is 0 Å². The largest absolute Gasteiger partial charge is 0.441 e. The van der Waals surface area contributed by atoms with Crippen molar-refractivity contribution in [2.24, 2.45) is 0 Å². The average molecular weight is 129 g/mol. The van der Waals surface area contributed by atoms with E-state index in [-0.39, 0.29) is 17.5 Å². The molecule has 0 aromatic carbocycles. The van der Waals surface area contributed by atoms with Crippen LogP contribution in [-0.2, 0) is 0 Å². The lowest BCUT2D eigenvalue weighted by molar-refractivity contribution is -0.0326. The monoisotopic (exact) mass is 129 g/mol. The second kappa shape index (κ2) is 2.45. The summed E-state index contributed by atoms with van der Waals surface area (Å²) in [6, 6.07) is 0. The van der Waals surface area contributed by atoms with Gasteiger partial charge in [0.15, 0.2) is 0 Å². The smallest absolute Gasteiger partial charge is 0.160 e. The molecule has 0 bridgehead atoms. The number of alkyl halides is 3. The summed E-state index contributed by atoms with van der Waals surface area (Å²) >= 11 is -0.123. The first-order valence-corrected chi connectivity index (χ1v) is 2.55. The summed E-state index contributed by atoms with van der Waals surface area (Å²) in [7, 11) is 0. The summed E-state index contributed by atoms with van der Waals surface area (Å²) in [5.74, 6) is -0.149. The van der Waals surface area contributed by atoms with E-state index < -0.39 is 5.51 Å². The summed E-state index contributed by atoms with van der Waals surface area (Å²) in [5.41, 5.74) is -4.10. The van der Waals surface area contributed by atoms with Gasteiger partial charge in [-0.15, -0.1) is 0 Å². The fourth-order valence-electron chi connectivity index (χ4n) is 0.116. The highest BCUT2D eigenvalue weighted by Gasteiger charge is 2.26. The maximum atomic E-state index is 11.0. The molecule has 0 nitrogen and oxygen atoms in total. The number of thioether (sulfide) groups is 1. The Kier molecular flexibility index (Phi) is 2.50. The lowest BCUT2D eigenvalue weighted by Gasteiger charge is -1.99. The summed E-state index contributed by atoms with van der Waals surface area (Å²) in [6.07, 6.45) is 0. The van der Waals surface area contributed by atoms with Crippen molar-refractivity contribution >= 4 is 11.8 Å². The van der Waals surface area contributed by atoms with Crippen LogP contribution in [-0.4, -0.2) is 11.3 Å². The molecule has 0 aliphatic carbocycles. The third kappa shape index (κ3) is 6.14. The molecule has 43 valence electrons. The van der Waals surface area contributed by atoms with Gasteiger partial charge in [-0.2, -0.15) is 13.2 Å². The Morgan fingerprint density at radius 3 is 1.86 bits per heavy atom. The van der Waals surface area contributed by atoms with Gasteiger partial charge >= 0.3 is 5.51 Å². The molecular formula is C3H4F3S. The van der Waals surface area contributed by atoms with E-state index in [1.165, 1.54) is 0 Å². The van der Waals surface area contributed by atoms with Crippen molar-refractivity contribution in [3.8, 4) is 0 Å². The van der Waals surface area contributed by atoms with Crippen LogP contribution in [0.15, 0.2) is 0 Å². The molecule has 1 radical (unpaired) electrons. The van der Waals surface area contributed by atoms with Crippen LogP contribution in [0.2, 0.25) is 0 Å². The van der Waals surface area contributed by atoms with Crippen LogP contribution in [0.25, 0.3) is 0 Å². The number of halogens is 3. The van der Waals surface area contributed by atoms with Crippen molar-refractivity contribution in [1.82, 2.24) is 0 Å². The second-order valence-corrected chi connectivity index (χ2v) is 1.95. The van der Waals surface area contributed by atoms with Crippen molar-refractivity contribution in [3.05, 3.63) is 6.92 Å². The molecule has 0 saturated carbocycles.